The number of hydrogen-bond acceptors (Lipinski definition) is 5. The number of rotatable bonds is 5. The van der Waals surface area contributed by atoms with E-state index in [1.807, 2.05) is 18.5 Å². The number of aromatic nitrogens is 2. The first-order valence-electron chi connectivity index (χ1n) is 6.86. The van der Waals surface area contributed by atoms with E-state index in [-0.39, 0.29) is 12.5 Å². The van der Waals surface area contributed by atoms with Gasteiger partial charge in [-0.15, -0.1) is 11.3 Å². The van der Waals surface area contributed by atoms with Crippen molar-refractivity contribution in [3.05, 3.63) is 51.2 Å². The summed E-state index contributed by atoms with van der Waals surface area (Å²) in [5.41, 5.74) is 3.86. The summed E-state index contributed by atoms with van der Waals surface area (Å²) < 4.78 is 7.17. The first-order chi connectivity index (χ1) is 11.5. The van der Waals surface area contributed by atoms with Crippen LogP contribution in [0.5, 0.6) is 5.75 Å². The SMILES string of the molecule is Cc1cc(OCC(=O)N/N=C\c2c(Cl)nc3sccn23)ccc1Cl. The number of thiazole rings is 1. The van der Waals surface area contributed by atoms with E-state index in [9.17, 15) is 4.79 Å². The number of fused-ring (bicyclic) bond motifs is 1. The molecule has 9 heteroatoms. The third-order valence-electron chi connectivity index (χ3n) is 3.13. The number of hydrazone groups is 1. The molecule has 0 fully saturated rings. The minimum atomic E-state index is -0.388. The van der Waals surface area contributed by atoms with Gasteiger partial charge in [0.2, 0.25) is 0 Å². The van der Waals surface area contributed by atoms with Crippen LogP contribution >= 0.6 is 34.5 Å². The van der Waals surface area contributed by atoms with Gasteiger partial charge in [0.05, 0.1) is 6.21 Å². The molecule has 2 aromatic heterocycles. The summed E-state index contributed by atoms with van der Waals surface area (Å²) in [5.74, 6) is 0.177. The van der Waals surface area contributed by atoms with E-state index in [1.165, 1.54) is 17.6 Å². The zero-order valence-electron chi connectivity index (χ0n) is 12.5. The number of carbonyl (C=O) groups excluding carboxylic acids is 1. The lowest BCUT2D eigenvalue weighted by molar-refractivity contribution is -0.123. The quantitative estimate of drug-likeness (QED) is 0.541. The molecule has 0 radical (unpaired) electrons. The number of ether oxygens (including phenoxy) is 1. The fourth-order valence-corrected chi connectivity index (χ4v) is 3.05. The fraction of sp³-hybridized carbons (Fsp3) is 0.133. The average Bonchev–Trinajstić information content (AvgIpc) is 3.10. The monoisotopic (exact) mass is 382 g/mol. The summed E-state index contributed by atoms with van der Waals surface area (Å²) in [6.07, 6.45) is 3.27. The van der Waals surface area contributed by atoms with Crippen LogP contribution in [-0.4, -0.2) is 28.1 Å². The van der Waals surface area contributed by atoms with Crippen LogP contribution in [0.25, 0.3) is 4.96 Å². The molecule has 0 aliphatic heterocycles. The molecule has 0 spiro atoms. The van der Waals surface area contributed by atoms with Crippen LogP contribution in [0.2, 0.25) is 10.2 Å². The molecular formula is C15H12Cl2N4O2S. The fourth-order valence-electron chi connectivity index (χ4n) is 1.95. The second-order valence-corrected chi connectivity index (χ2v) is 6.47. The summed E-state index contributed by atoms with van der Waals surface area (Å²) in [4.78, 5) is 16.7. The van der Waals surface area contributed by atoms with Gasteiger partial charge in [-0.05, 0) is 30.7 Å². The Morgan fingerprint density at radius 3 is 3.12 bits per heavy atom. The van der Waals surface area contributed by atoms with Crippen molar-refractivity contribution in [1.82, 2.24) is 14.8 Å². The number of amides is 1. The van der Waals surface area contributed by atoms with Crippen LogP contribution < -0.4 is 10.2 Å². The predicted molar refractivity (Wildman–Crippen MR) is 95.5 cm³/mol. The molecule has 0 aliphatic rings. The normalized spacial score (nSPS) is 11.3. The van der Waals surface area contributed by atoms with E-state index in [2.05, 4.69) is 15.5 Å². The van der Waals surface area contributed by atoms with Gasteiger partial charge in [0.25, 0.3) is 5.91 Å². The standard InChI is InChI=1S/C15H12Cl2N4O2S/c1-9-6-10(2-3-11(9)16)23-8-13(22)20-18-7-12-14(17)19-15-21(12)4-5-24-15/h2-7H,8H2,1H3,(H,20,22)/b18-7-. The largest absolute Gasteiger partial charge is 0.484 e. The van der Waals surface area contributed by atoms with Crippen LogP contribution in [0.15, 0.2) is 34.9 Å². The topological polar surface area (TPSA) is 68.0 Å². The number of nitrogens with one attached hydrogen (secondary N) is 1. The molecule has 6 nitrogen and oxygen atoms in total. The summed E-state index contributed by atoms with van der Waals surface area (Å²) in [6, 6.07) is 5.18. The first kappa shape index (κ1) is 16.8. The lowest BCUT2D eigenvalue weighted by Gasteiger charge is -2.06. The number of imidazole rings is 1. The van der Waals surface area contributed by atoms with E-state index in [0.717, 1.165) is 10.5 Å². The van der Waals surface area contributed by atoms with Gasteiger partial charge in [-0.1, -0.05) is 23.2 Å². The molecule has 0 saturated heterocycles. The van der Waals surface area contributed by atoms with Crippen LogP contribution in [0.4, 0.5) is 0 Å². The molecule has 0 unspecified atom stereocenters. The lowest BCUT2D eigenvalue weighted by Crippen LogP contribution is -2.24. The van der Waals surface area contributed by atoms with E-state index >= 15 is 0 Å². The molecule has 1 aromatic carbocycles. The number of nitrogens with zero attached hydrogens (tertiary/aromatic N) is 3. The van der Waals surface area contributed by atoms with E-state index < -0.39 is 0 Å². The second kappa shape index (κ2) is 7.21. The van der Waals surface area contributed by atoms with Crippen molar-refractivity contribution in [2.45, 2.75) is 6.92 Å². The summed E-state index contributed by atoms with van der Waals surface area (Å²) in [7, 11) is 0. The van der Waals surface area contributed by atoms with Crippen molar-refractivity contribution < 1.29 is 9.53 Å². The van der Waals surface area contributed by atoms with Gasteiger partial charge in [-0.3, -0.25) is 9.20 Å². The van der Waals surface area contributed by atoms with Gasteiger partial charge in [0.1, 0.15) is 11.4 Å². The zero-order valence-corrected chi connectivity index (χ0v) is 14.8. The van der Waals surface area contributed by atoms with Gasteiger partial charge in [-0.25, -0.2) is 10.4 Å². The van der Waals surface area contributed by atoms with Crippen LogP contribution in [-0.2, 0) is 4.79 Å². The molecular weight excluding hydrogens is 371 g/mol. The average molecular weight is 383 g/mol. The van der Waals surface area contributed by atoms with Gasteiger partial charge < -0.3 is 4.74 Å². The maximum atomic E-state index is 11.8. The highest BCUT2D eigenvalue weighted by Crippen LogP contribution is 2.21. The van der Waals surface area contributed by atoms with Crippen LogP contribution in [0, 0.1) is 6.92 Å². The van der Waals surface area contributed by atoms with E-state index in [4.69, 9.17) is 27.9 Å². The maximum Gasteiger partial charge on any atom is 0.277 e. The molecule has 0 aliphatic carbocycles. The zero-order chi connectivity index (χ0) is 17.1. The van der Waals surface area contributed by atoms with Gasteiger partial charge in [-0.2, -0.15) is 5.10 Å². The first-order valence-corrected chi connectivity index (χ1v) is 8.50. The van der Waals surface area contributed by atoms with Crippen molar-refractivity contribution in [3.8, 4) is 5.75 Å². The minimum absolute atomic E-state index is 0.160. The smallest absolute Gasteiger partial charge is 0.277 e. The maximum absolute atomic E-state index is 11.8. The molecule has 3 aromatic rings. The Bertz CT molecular complexity index is 919. The van der Waals surface area contributed by atoms with Gasteiger partial charge in [0.15, 0.2) is 16.7 Å². The third-order valence-corrected chi connectivity index (χ3v) is 4.59. The number of benzene rings is 1. The van der Waals surface area contributed by atoms with Crippen molar-refractivity contribution in [2.24, 2.45) is 5.10 Å². The molecule has 0 saturated carbocycles. The molecule has 1 amide bonds. The Morgan fingerprint density at radius 1 is 1.50 bits per heavy atom. The van der Waals surface area contributed by atoms with E-state index in [1.54, 1.807) is 22.6 Å². The minimum Gasteiger partial charge on any atom is -0.484 e. The van der Waals surface area contributed by atoms with Gasteiger partial charge in [0, 0.05) is 16.6 Å². The summed E-state index contributed by atoms with van der Waals surface area (Å²) in [5, 5.41) is 6.74. The Balaban J connectivity index is 1.56. The number of hydrogen-bond donors (Lipinski definition) is 1. The van der Waals surface area contributed by atoms with Crippen molar-refractivity contribution >= 4 is 51.6 Å². The molecule has 0 atom stereocenters. The molecule has 2 heterocycles. The Kier molecular flexibility index (Phi) is 5.03. The summed E-state index contributed by atoms with van der Waals surface area (Å²) >= 11 is 13.4. The van der Waals surface area contributed by atoms with Crippen molar-refractivity contribution in [3.63, 3.8) is 0 Å². The van der Waals surface area contributed by atoms with E-state index in [0.29, 0.717) is 21.6 Å². The van der Waals surface area contributed by atoms with Crippen molar-refractivity contribution in [1.29, 1.82) is 0 Å². The Labute approximate surface area is 151 Å². The van der Waals surface area contributed by atoms with Gasteiger partial charge >= 0.3 is 0 Å². The Morgan fingerprint density at radius 2 is 2.33 bits per heavy atom. The number of aryl methyl sites for hydroxylation is 1. The highest BCUT2D eigenvalue weighted by Gasteiger charge is 2.09. The number of halogens is 2. The van der Waals surface area contributed by atoms with Crippen molar-refractivity contribution in [2.75, 3.05) is 6.61 Å². The van der Waals surface area contributed by atoms with Crippen LogP contribution in [0.3, 0.4) is 0 Å². The molecule has 0 bridgehead atoms. The third kappa shape index (κ3) is 3.69. The van der Waals surface area contributed by atoms with Crippen LogP contribution in [0.1, 0.15) is 11.3 Å². The highest BCUT2D eigenvalue weighted by atomic mass is 35.5. The molecule has 124 valence electrons. The molecule has 24 heavy (non-hydrogen) atoms. The molecule has 1 N–H and O–H groups in total. The highest BCUT2D eigenvalue weighted by molar-refractivity contribution is 7.15. The lowest BCUT2D eigenvalue weighted by atomic mass is 10.2. The number of carbonyl (C=O) groups is 1. The Hall–Kier alpha value is -2.09. The second-order valence-electron chi connectivity index (χ2n) is 4.84. The predicted octanol–water partition coefficient (Wildman–Crippen LogP) is 3.54. The summed E-state index contributed by atoms with van der Waals surface area (Å²) in [6.45, 7) is 1.70. The molecule has 3 rings (SSSR count).